The summed E-state index contributed by atoms with van der Waals surface area (Å²) in [5.41, 5.74) is 15.1. The molecule has 2 atom stereocenters. The molecule has 230 valence electrons. The number of aryl methyl sites for hydroxylation is 1. The molecule has 2 amide bonds. The molecule has 43 heavy (non-hydrogen) atoms. The molecule has 2 unspecified atom stereocenters. The van der Waals surface area contributed by atoms with Gasteiger partial charge in [0.25, 0.3) is 11.8 Å². The third kappa shape index (κ3) is 8.26. The minimum Gasteiger partial charge on any atom is -0.496 e. The highest BCUT2D eigenvalue weighted by Crippen LogP contribution is 2.39. The fourth-order valence-corrected chi connectivity index (χ4v) is 5.22. The van der Waals surface area contributed by atoms with E-state index >= 15 is 0 Å². The Morgan fingerprint density at radius 1 is 1.07 bits per heavy atom. The van der Waals surface area contributed by atoms with Gasteiger partial charge in [0, 0.05) is 34.4 Å². The van der Waals surface area contributed by atoms with Crippen LogP contribution in [-0.2, 0) is 9.53 Å². The quantitative estimate of drug-likeness (QED) is 0.190. The summed E-state index contributed by atoms with van der Waals surface area (Å²) >= 11 is 6.35. The van der Waals surface area contributed by atoms with Gasteiger partial charge in [0.2, 0.25) is 0 Å². The molecule has 0 spiro atoms. The number of ether oxygens (including phenoxy) is 2. The second-order valence-electron chi connectivity index (χ2n) is 10.3. The Labute approximate surface area is 263 Å². The molecule has 0 fully saturated rings. The molecule has 4 rings (SSSR count). The van der Waals surface area contributed by atoms with Gasteiger partial charge in [-0.15, -0.1) is 12.4 Å². The fourth-order valence-electron chi connectivity index (χ4n) is 5.04. The van der Waals surface area contributed by atoms with E-state index in [0.29, 0.717) is 71.2 Å². The Morgan fingerprint density at radius 2 is 1.84 bits per heavy atom. The highest BCUT2D eigenvalue weighted by molar-refractivity contribution is 6.30. The Kier molecular flexibility index (Phi) is 12.4. The molecule has 11 heteroatoms. The van der Waals surface area contributed by atoms with Crippen molar-refractivity contribution in [3.8, 4) is 5.75 Å². The number of benzene rings is 3. The van der Waals surface area contributed by atoms with Crippen LogP contribution >= 0.6 is 24.0 Å². The van der Waals surface area contributed by atoms with Gasteiger partial charge in [0.05, 0.1) is 18.4 Å². The largest absolute Gasteiger partial charge is 0.496 e. The molecule has 0 aromatic heterocycles. The van der Waals surface area contributed by atoms with Crippen LogP contribution in [0.4, 0.5) is 11.4 Å². The van der Waals surface area contributed by atoms with Gasteiger partial charge in [-0.1, -0.05) is 36.2 Å². The number of esters is 1. The van der Waals surface area contributed by atoms with E-state index < -0.39 is 18.1 Å². The Morgan fingerprint density at radius 3 is 2.56 bits per heavy atom. The van der Waals surface area contributed by atoms with Gasteiger partial charge in [0.1, 0.15) is 17.9 Å². The first kappa shape index (κ1) is 33.9. The predicted octanol–water partition coefficient (Wildman–Crippen LogP) is 5.81. The van der Waals surface area contributed by atoms with Crippen molar-refractivity contribution in [1.29, 1.82) is 0 Å². The summed E-state index contributed by atoms with van der Waals surface area (Å²) in [5, 5.41) is 3.34. The monoisotopic (exact) mass is 628 g/mol. The van der Waals surface area contributed by atoms with Crippen LogP contribution in [0.5, 0.6) is 5.75 Å². The maximum absolute atomic E-state index is 14.0. The number of carbonyl (C=O) groups is 3. The van der Waals surface area contributed by atoms with Crippen molar-refractivity contribution in [2.75, 3.05) is 30.4 Å². The highest BCUT2D eigenvalue weighted by atomic mass is 35.5. The summed E-state index contributed by atoms with van der Waals surface area (Å²) in [4.78, 5) is 41.2. The number of amides is 2. The van der Waals surface area contributed by atoms with Crippen LogP contribution in [-0.4, -0.2) is 44.0 Å². The topological polar surface area (TPSA) is 137 Å². The lowest BCUT2D eigenvalue weighted by molar-refractivity contribution is -0.151. The van der Waals surface area contributed by atoms with Crippen LogP contribution in [0.1, 0.15) is 70.1 Å². The molecule has 0 saturated carbocycles. The SMILES string of the molecule is COc1cc(NC(=O)c2ccccc2C)ccc1C(=O)N1CCCC(OC(=O)C(N)CCCCN)c2cc(Cl)ccc21.Cl. The lowest BCUT2D eigenvalue weighted by Crippen LogP contribution is -2.33. The van der Waals surface area contributed by atoms with E-state index in [-0.39, 0.29) is 24.2 Å². The summed E-state index contributed by atoms with van der Waals surface area (Å²) in [7, 11) is 1.47. The molecule has 3 aromatic carbocycles. The van der Waals surface area contributed by atoms with Crippen molar-refractivity contribution in [3.63, 3.8) is 0 Å². The molecule has 0 bridgehead atoms. The van der Waals surface area contributed by atoms with Gasteiger partial charge < -0.3 is 31.2 Å². The molecular formula is C32H38Cl2N4O5. The lowest BCUT2D eigenvalue weighted by atomic mass is 10.0. The van der Waals surface area contributed by atoms with E-state index in [4.69, 9.17) is 32.5 Å². The number of fused-ring (bicyclic) bond motifs is 1. The van der Waals surface area contributed by atoms with Crippen molar-refractivity contribution >= 4 is 53.2 Å². The zero-order valence-corrected chi connectivity index (χ0v) is 25.9. The number of hydrogen-bond donors (Lipinski definition) is 3. The summed E-state index contributed by atoms with van der Waals surface area (Å²) in [6.07, 6.45) is 2.47. The van der Waals surface area contributed by atoms with E-state index in [2.05, 4.69) is 5.32 Å². The fraction of sp³-hybridized carbons (Fsp3) is 0.344. The maximum atomic E-state index is 14.0. The molecule has 0 aliphatic carbocycles. The second-order valence-corrected chi connectivity index (χ2v) is 10.7. The Balaban J connectivity index is 0.00000506. The smallest absolute Gasteiger partial charge is 0.323 e. The molecule has 0 saturated heterocycles. The van der Waals surface area contributed by atoms with Gasteiger partial charge in [-0.05, 0) is 81.1 Å². The molecule has 9 nitrogen and oxygen atoms in total. The van der Waals surface area contributed by atoms with E-state index in [9.17, 15) is 14.4 Å². The summed E-state index contributed by atoms with van der Waals surface area (Å²) < 4.78 is 11.4. The molecule has 3 aromatic rings. The summed E-state index contributed by atoms with van der Waals surface area (Å²) in [6.45, 7) is 2.79. The zero-order chi connectivity index (χ0) is 30.2. The number of carbonyl (C=O) groups excluding carboxylic acids is 3. The van der Waals surface area contributed by atoms with Gasteiger partial charge in [0.15, 0.2) is 0 Å². The van der Waals surface area contributed by atoms with Gasteiger partial charge in [-0.3, -0.25) is 14.4 Å². The number of anilines is 2. The van der Waals surface area contributed by atoms with Crippen molar-refractivity contribution in [2.45, 2.75) is 51.2 Å². The zero-order valence-electron chi connectivity index (χ0n) is 24.3. The summed E-state index contributed by atoms with van der Waals surface area (Å²) in [5.74, 6) is -0.730. The maximum Gasteiger partial charge on any atom is 0.323 e. The molecule has 1 aliphatic rings. The van der Waals surface area contributed by atoms with E-state index in [1.54, 1.807) is 53.4 Å². The van der Waals surface area contributed by atoms with Crippen molar-refractivity contribution < 1.29 is 23.9 Å². The Bertz CT molecular complexity index is 1450. The Hall–Kier alpha value is -3.63. The number of unbranched alkanes of at least 4 members (excludes halogenated alkanes) is 1. The third-order valence-electron chi connectivity index (χ3n) is 7.33. The van der Waals surface area contributed by atoms with Crippen LogP contribution in [0.3, 0.4) is 0 Å². The lowest BCUT2D eigenvalue weighted by Gasteiger charge is -2.25. The van der Waals surface area contributed by atoms with Crippen LogP contribution in [0.15, 0.2) is 60.7 Å². The van der Waals surface area contributed by atoms with Crippen molar-refractivity contribution in [1.82, 2.24) is 0 Å². The second kappa shape index (κ2) is 15.7. The average Bonchev–Trinajstić information content (AvgIpc) is 3.15. The number of nitrogens with one attached hydrogen (secondary N) is 1. The predicted molar refractivity (Wildman–Crippen MR) is 171 cm³/mol. The minimum absolute atomic E-state index is 0. The van der Waals surface area contributed by atoms with E-state index in [1.807, 2.05) is 19.1 Å². The van der Waals surface area contributed by atoms with Gasteiger partial charge >= 0.3 is 5.97 Å². The molecule has 0 radical (unpaired) electrons. The van der Waals surface area contributed by atoms with Crippen LogP contribution in [0.2, 0.25) is 5.02 Å². The van der Waals surface area contributed by atoms with Gasteiger partial charge in [-0.2, -0.15) is 0 Å². The minimum atomic E-state index is -0.755. The van der Waals surface area contributed by atoms with E-state index in [1.165, 1.54) is 7.11 Å². The molecular weight excluding hydrogens is 591 g/mol. The number of methoxy groups -OCH3 is 1. The first-order valence-corrected chi connectivity index (χ1v) is 14.4. The molecule has 1 aliphatic heterocycles. The first-order valence-electron chi connectivity index (χ1n) is 14.1. The number of nitrogens with zero attached hydrogens (tertiary/aromatic N) is 1. The highest BCUT2D eigenvalue weighted by Gasteiger charge is 2.31. The first-order chi connectivity index (χ1) is 20.2. The van der Waals surface area contributed by atoms with Crippen molar-refractivity contribution in [3.05, 3.63) is 87.9 Å². The number of nitrogens with two attached hydrogens (primary N) is 2. The van der Waals surface area contributed by atoms with Crippen molar-refractivity contribution in [2.24, 2.45) is 11.5 Å². The standard InChI is InChI=1S/C32H37ClN4O5.ClH/c1-20-8-3-4-9-23(20)30(38)36-22-13-14-24(29(19-22)41-2)31(39)37-17-7-11-28(25-18-21(33)12-15-27(25)37)42-32(40)26(35)10-5-6-16-34;/h3-4,8-9,12-15,18-19,26,28H,5-7,10-11,16-17,34-35H2,1-2H3,(H,36,38);1H. The van der Waals surface area contributed by atoms with Crippen LogP contribution in [0.25, 0.3) is 0 Å². The number of halogens is 2. The summed E-state index contributed by atoms with van der Waals surface area (Å²) in [6, 6.07) is 16.6. The third-order valence-corrected chi connectivity index (χ3v) is 7.57. The molecule has 1 heterocycles. The van der Waals surface area contributed by atoms with Gasteiger partial charge in [-0.25, -0.2) is 0 Å². The van der Waals surface area contributed by atoms with Crippen LogP contribution < -0.4 is 26.4 Å². The van der Waals surface area contributed by atoms with Crippen LogP contribution in [0, 0.1) is 6.92 Å². The molecule has 5 N–H and O–H groups in total. The normalized spacial score (nSPS) is 14.9. The van der Waals surface area contributed by atoms with E-state index in [0.717, 1.165) is 18.4 Å². The number of hydrogen-bond acceptors (Lipinski definition) is 7. The number of rotatable bonds is 10. The average molecular weight is 630 g/mol.